The average molecular weight is 266 g/mol. The fraction of sp³-hybridized carbons (Fsp3) is 0. The first-order chi connectivity index (χ1) is 9.72. The van der Waals surface area contributed by atoms with Gasteiger partial charge in [0, 0.05) is 5.56 Å². The summed E-state index contributed by atoms with van der Waals surface area (Å²) in [5.41, 5.74) is 3.61. The van der Waals surface area contributed by atoms with E-state index in [0.717, 1.165) is 12.4 Å². The van der Waals surface area contributed by atoms with Crippen LogP contribution in [0.15, 0.2) is 41.8 Å². The van der Waals surface area contributed by atoms with Gasteiger partial charge in [0.05, 0.1) is 18.1 Å². The minimum Gasteiger partial charge on any atom is -0.277 e. The normalized spacial score (nSPS) is 9.15. The number of nitriles is 2. The molecule has 20 heavy (non-hydrogen) atoms. The molecule has 0 radical (unpaired) electrons. The third-order valence-corrected chi connectivity index (χ3v) is 2.27. The molecule has 0 saturated carbocycles. The average Bonchev–Trinajstić information content (AvgIpc) is 2.50. The summed E-state index contributed by atoms with van der Waals surface area (Å²) in [5, 5.41) is 20.7. The monoisotopic (exact) mass is 266 g/mol. The lowest BCUT2D eigenvalue weighted by Gasteiger charge is -2.02. The third-order valence-electron chi connectivity index (χ3n) is 2.27. The Morgan fingerprint density at radius 1 is 1.10 bits per heavy atom. The van der Waals surface area contributed by atoms with Gasteiger partial charge < -0.3 is 0 Å². The molecule has 0 spiro atoms. The quantitative estimate of drug-likeness (QED) is 0.677. The van der Waals surface area contributed by atoms with Crippen LogP contribution >= 0.6 is 0 Å². The lowest BCUT2D eigenvalue weighted by atomic mass is 10.2. The summed E-state index contributed by atoms with van der Waals surface area (Å²) in [4.78, 5) is 7.72. The minimum absolute atomic E-state index is 0.268. The molecule has 0 saturated heterocycles. The molecule has 2 rings (SSSR count). The smallest absolute Gasteiger partial charge is 0.237 e. The minimum atomic E-state index is -0.498. The highest BCUT2D eigenvalue weighted by Gasteiger charge is 2.01. The molecule has 0 aliphatic rings. The Hall–Kier alpha value is -3.32. The maximum Gasteiger partial charge on any atom is 0.237 e. The van der Waals surface area contributed by atoms with E-state index in [-0.39, 0.29) is 5.71 Å². The van der Waals surface area contributed by atoms with E-state index in [4.69, 9.17) is 10.5 Å². The molecular weight excluding hydrogens is 259 g/mol. The van der Waals surface area contributed by atoms with Crippen LogP contribution in [0.5, 0.6) is 0 Å². The van der Waals surface area contributed by atoms with E-state index in [1.54, 1.807) is 36.4 Å². The summed E-state index contributed by atoms with van der Waals surface area (Å²) in [7, 11) is 0. The van der Waals surface area contributed by atoms with Crippen molar-refractivity contribution in [1.82, 2.24) is 9.97 Å². The van der Waals surface area contributed by atoms with Gasteiger partial charge in [-0.3, -0.25) is 5.43 Å². The van der Waals surface area contributed by atoms with Crippen LogP contribution in [0.1, 0.15) is 0 Å². The second kappa shape index (κ2) is 6.03. The van der Waals surface area contributed by atoms with Crippen molar-refractivity contribution in [2.75, 3.05) is 5.43 Å². The van der Waals surface area contributed by atoms with Crippen molar-refractivity contribution in [3.8, 4) is 23.5 Å². The molecule has 96 valence electrons. The first-order valence-electron chi connectivity index (χ1n) is 5.45. The molecule has 0 bridgehead atoms. The molecule has 1 N–H and O–H groups in total. The van der Waals surface area contributed by atoms with Crippen molar-refractivity contribution in [2.24, 2.45) is 5.10 Å². The number of anilines is 1. The predicted molar refractivity (Wildman–Crippen MR) is 69.7 cm³/mol. The highest BCUT2D eigenvalue weighted by molar-refractivity contribution is 6.10. The Balaban J connectivity index is 2.15. The van der Waals surface area contributed by atoms with Crippen molar-refractivity contribution in [1.29, 1.82) is 10.5 Å². The van der Waals surface area contributed by atoms with E-state index >= 15 is 0 Å². The molecule has 1 aromatic heterocycles. The second-order valence-electron chi connectivity index (χ2n) is 3.60. The number of aromatic nitrogens is 2. The molecule has 0 aliphatic heterocycles. The summed E-state index contributed by atoms with van der Waals surface area (Å²) < 4.78 is 12.7. The molecule has 0 amide bonds. The van der Waals surface area contributed by atoms with Gasteiger partial charge in [-0.1, -0.05) is 0 Å². The zero-order valence-electron chi connectivity index (χ0n) is 10.1. The van der Waals surface area contributed by atoms with Gasteiger partial charge in [-0.25, -0.2) is 14.4 Å². The SMILES string of the molecule is N#CC(C#N)=NNc1ccc(-c2ncc(F)cn2)cc1. The van der Waals surface area contributed by atoms with E-state index in [9.17, 15) is 4.39 Å². The van der Waals surface area contributed by atoms with E-state index in [1.165, 1.54) is 0 Å². The molecule has 0 atom stereocenters. The summed E-state index contributed by atoms with van der Waals surface area (Å²) in [6, 6.07) is 10.1. The maximum atomic E-state index is 12.7. The van der Waals surface area contributed by atoms with Gasteiger partial charge in [-0.05, 0) is 24.3 Å². The van der Waals surface area contributed by atoms with Crippen LogP contribution < -0.4 is 5.43 Å². The van der Waals surface area contributed by atoms with Crippen molar-refractivity contribution in [3.05, 3.63) is 42.5 Å². The molecular formula is C13H7FN6. The molecule has 1 aromatic carbocycles. The van der Waals surface area contributed by atoms with Gasteiger partial charge in [-0.2, -0.15) is 15.6 Å². The molecule has 0 unspecified atom stereocenters. The number of hydrogen-bond acceptors (Lipinski definition) is 6. The Kier molecular flexibility index (Phi) is 3.95. The zero-order valence-corrected chi connectivity index (χ0v) is 10.1. The van der Waals surface area contributed by atoms with Crippen molar-refractivity contribution in [2.45, 2.75) is 0 Å². The first-order valence-corrected chi connectivity index (χ1v) is 5.45. The van der Waals surface area contributed by atoms with Gasteiger partial charge >= 0.3 is 0 Å². The van der Waals surface area contributed by atoms with E-state index < -0.39 is 5.82 Å². The fourth-order valence-corrected chi connectivity index (χ4v) is 1.35. The van der Waals surface area contributed by atoms with Crippen LogP contribution in [0.4, 0.5) is 10.1 Å². The highest BCUT2D eigenvalue weighted by atomic mass is 19.1. The van der Waals surface area contributed by atoms with Crippen LogP contribution in [0.2, 0.25) is 0 Å². The van der Waals surface area contributed by atoms with Crippen LogP contribution in [0, 0.1) is 28.5 Å². The Morgan fingerprint density at radius 3 is 2.25 bits per heavy atom. The van der Waals surface area contributed by atoms with Gasteiger partial charge in [-0.15, -0.1) is 0 Å². The van der Waals surface area contributed by atoms with Gasteiger partial charge in [0.2, 0.25) is 5.71 Å². The lowest BCUT2D eigenvalue weighted by molar-refractivity contribution is 0.614. The fourth-order valence-electron chi connectivity index (χ4n) is 1.35. The summed E-state index contributed by atoms with van der Waals surface area (Å²) in [5.74, 6) is -0.0990. The number of nitrogens with one attached hydrogen (secondary N) is 1. The topological polar surface area (TPSA) is 97.8 Å². The molecule has 6 nitrogen and oxygen atoms in total. The Morgan fingerprint density at radius 2 is 1.70 bits per heavy atom. The number of benzene rings is 1. The zero-order chi connectivity index (χ0) is 14.4. The largest absolute Gasteiger partial charge is 0.277 e. The number of rotatable bonds is 3. The van der Waals surface area contributed by atoms with Gasteiger partial charge in [0.15, 0.2) is 11.6 Å². The van der Waals surface area contributed by atoms with E-state index in [0.29, 0.717) is 17.1 Å². The first kappa shape index (κ1) is 13.1. The van der Waals surface area contributed by atoms with Crippen molar-refractivity contribution in [3.63, 3.8) is 0 Å². The molecule has 1 heterocycles. The summed E-state index contributed by atoms with van der Waals surface area (Å²) in [6.07, 6.45) is 2.18. The predicted octanol–water partition coefficient (Wildman–Crippen LogP) is 2.10. The summed E-state index contributed by atoms with van der Waals surface area (Å²) in [6.45, 7) is 0. The van der Waals surface area contributed by atoms with Crippen LogP contribution in [-0.2, 0) is 0 Å². The second-order valence-corrected chi connectivity index (χ2v) is 3.60. The molecule has 0 aliphatic carbocycles. The Bertz CT molecular complexity index is 691. The molecule has 0 fully saturated rings. The molecule has 2 aromatic rings. The highest BCUT2D eigenvalue weighted by Crippen LogP contribution is 2.17. The van der Waals surface area contributed by atoms with Gasteiger partial charge in [0.25, 0.3) is 0 Å². The number of nitrogens with zero attached hydrogens (tertiary/aromatic N) is 5. The van der Waals surface area contributed by atoms with Crippen LogP contribution in [-0.4, -0.2) is 15.7 Å². The number of halogens is 1. The van der Waals surface area contributed by atoms with Crippen LogP contribution in [0.3, 0.4) is 0 Å². The van der Waals surface area contributed by atoms with Crippen molar-refractivity contribution >= 4 is 11.4 Å². The van der Waals surface area contributed by atoms with Crippen molar-refractivity contribution < 1.29 is 4.39 Å². The standard InChI is InChI=1S/C13H7FN6/c14-10-7-17-13(18-8-10)9-1-3-11(4-2-9)19-20-12(5-15)6-16/h1-4,7-8,19H. The van der Waals surface area contributed by atoms with E-state index in [1.807, 2.05) is 0 Å². The molecule has 7 heteroatoms. The van der Waals surface area contributed by atoms with E-state index in [2.05, 4.69) is 20.5 Å². The third kappa shape index (κ3) is 3.12. The summed E-state index contributed by atoms with van der Waals surface area (Å²) >= 11 is 0. The van der Waals surface area contributed by atoms with Crippen LogP contribution in [0.25, 0.3) is 11.4 Å². The Labute approximate surface area is 113 Å². The lowest BCUT2D eigenvalue weighted by Crippen LogP contribution is -1.96. The number of hydrogen-bond donors (Lipinski definition) is 1. The maximum absolute atomic E-state index is 12.7. The van der Waals surface area contributed by atoms with Gasteiger partial charge in [0.1, 0.15) is 12.1 Å². The number of hydrazone groups is 1.